The first kappa shape index (κ1) is 19.5. The van der Waals surface area contributed by atoms with E-state index in [1.54, 1.807) is 37.3 Å². The molecule has 0 unspecified atom stereocenters. The SMILES string of the molecule is CCOc1ccc(S(=O)(=O)NNC(=O)Nc2ccccc2)cc1OCC. The number of anilines is 1. The maximum absolute atomic E-state index is 12.4. The minimum Gasteiger partial charge on any atom is -0.490 e. The molecule has 26 heavy (non-hydrogen) atoms. The Morgan fingerprint density at radius 2 is 1.62 bits per heavy atom. The average molecular weight is 379 g/mol. The van der Waals surface area contributed by atoms with Crippen LogP contribution in [0.15, 0.2) is 53.4 Å². The third-order valence-corrected chi connectivity index (χ3v) is 4.40. The lowest BCUT2D eigenvalue weighted by Gasteiger charge is -2.13. The molecule has 0 aromatic heterocycles. The first-order valence-electron chi connectivity index (χ1n) is 7.99. The van der Waals surface area contributed by atoms with Crippen molar-refractivity contribution in [3.8, 4) is 11.5 Å². The summed E-state index contributed by atoms with van der Waals surface area (Å²) in [5.74, 6) is 0.758. The third kappa shape index (κ3) is 5.36. The maximum Gasteiger partial charge on any atom is 0.334 e. The largest absolute Gasteiger partial charge is 0.490 e. The van der Waals surface area contributed by atoms with Crippen LogP contribution < -0.4 is 25.0 Å². The molecule has 0 saturated carbocycles. The summed E-state index contributed by atoms with van der Waals surface area (Å²) in [6.07, 6.45) is 0. The minimum atomic E-state index is -3.98. The molecule has 0 atom stereocenters. The molecule has 0 saturated heterocycles. The Balaban J connectivity index is 2.06. The standard InChI is InChI=1S/C17H21N3O5S/c1-3-24-15-11-10-14(12-16(15)25-4-2)26(22,23)20-19-17(21)18-13-8-6-5-7-9-13/h5-12,20H,3-4H2,1-2H3,(H2,18,19,21). The topological polar surface area (TPSA) is 106 Å². The normalized spacial score (nSPS) is 10.8. The summed E-state index contributed by atoms with van der Waals surface area (Å²) in [5, 5.41) is 2.50. The van der Waals surface area contributed by atoms with Crippen LogP contribution in [-0.4, -0.2) is 27.7 Å². The highest BCUT2D eigenvalue weighted by Crippen LogP contribution is 2.30. The Kier molecular flexibility index (Phi) is 6.81. The van der Waals surface area contributed by atoms with Crippen LogP contribution in [0.4, 0.5) is 10.5 Å². The monoisotopic (exact) mass is 379 g/mol. The van der Waals surface area contributed by atoms with Gasteiger partial charge >= 0.3 is 6.03 Å². The number of hydrogen-bond donors (Lipinski definition) is 3. The molecule has 0 bridgehead atoms. The number of nitrogens with one attached hydrogen (secondary N) is 3. The van der Waals surface area contributed by atoms with Gasteiger partial charge in [-0.05, 0) is 38.1 Å². The summed E-state index contributed by atoms with van der Waals surface area (Å²) in [5.41, 5.74) is 2.63. The van der Waals surface area contributed by atoms with Gasteiger partial charge in [0.15, 0.2) is 11.5 Å². The first-order valence-corrected chi connectivity index (χ1v) is 9.48. The van der Waals surface area contributed by atoms with Crippen LogP contribution in [0.25, 0.3) is 0 Å². The van der Waals surface area contributed by atoms with Crippen LogP contribution in [0.3, 0.4) is 0 Å². The lowest BCUT2D eigenvalue weighted by molar-refractivity contribution is 0.250. The van der Waals surface area contributed by atoms with E-state index in [1.807, 2.05) is 11.8 Å². The van der Waals surface area contributed by atoms with Gasteiger partial charge in [-0.15, -0.1) is 4.83 Å². The number of sulfonamides is 1. The Labute approximate surface area is 152 Å². The first-order chi connectivity index (χ1) is 12.5. The predicted octanol–water partition coefficient (Wildman–Crippen LogP) is 2.50. The Morgan fingerprint density at radius 3 is 2.27 bits per heavy atom. The molecular weight excluding hydrogens is 358 g/mol. The van der Waals surface area contributed by atoms with E-state index < -0.39 is 16.1 Å². The lowest BCUT2D eigenvalue weighted by Crippen LogP contribution is -2.43. The molecule has 0 fully saturated rings. The minimum absolute atomic E-state index is 0.0654. The summed E-state index contributed by atoms with van der Waals surface area (Å²) in [6, 6.07) is 12.1. The molecule has 2 aromatic carbocycles. The summed E-state index contributed by atoms with van der Waals surface area (Å²) in [7, 11) is -3.98. The van der Waals surface area contributed by atoms with Gasteiger partial charge in [-0.2, -0.15) is 0 Å². The number of benzene rings is 2. The zero-order chi connectivity index (χ0) is 19.0. The molecule has 0 aliphatic heterocycles. The van der Waals surface area contributed by atoms with Crippen molar-refractivity contribution in [3.05, 3.63) is 48.5 Å². The molecule has 3 N–H and O–H groups in total. The maximum atomic E-state index is 12.4. The molecule has 140 valence electrons. The number of ether oxygens (including phenoxy) is 2. The van der Waals surface area contributed by atoms with Crippen LogP contribution >= 0.6 is 0 Å². The fourth-order valence-corrected chi connectivity index (χ4v) is 2.91. The second-order valence-electron chi connectivity index (χ2n) is 5.03. The van der Waals surface area contributed by atoms with E-state index in [0.717, 1.165) is 0 Å². The van der Waals surface area contributed by atoms with Gasteiger partial charge in [-0.25, -0.2) is 13.2 Å². The number of carbonyl (C=O) groups is 1. The van der Waals surface area contributed by atoms with E-state index in [0.29, 0.717) is 30.4 Å². The number of para-hydroxylation sites is 1. The molecular formula is C17H21N3O5S. The van der Waals surface area contributed by atoms with Crippen LogP contribution in [-0.2, 0) is 10.0 Å². The van der Waals surface area contributed by atoms with Crippen molar-refractivity contribution in [1.82, 2.24) is 10.3 Å². The summed E-state index contributed by atoms with van der Waals surface area (Å²) < 4.78 is 35.5. The van der Waals surface area contributed by atoms with Crippen molar-refractivity contribution >= 4 is 21.7 Å². The van der Waals surface area contributed by atoms with Crippen molar-refractivity contribution in [3.63, 3.8) is 0 Å². The van der Waals surface area contributed by atoms with Gasteiger partial charge in [0.25, 0.3) is 10.0 Å². The zero-order valence-corrected chi connectivity index (χ0v) is 15.3. The second-order valence-corrected chi connectivity index (χ2v) is 6.71. The molecule has 0 aliphatic carbocycles. The van der Waals surface area contributed by atoms with Crippen molar-refractivity contribution in [2.24, 2.45) is 0 Å². The van der Waals surface area contributed by atoms with E-state index in [4.69, 9.17) is 9.47 Å². The number of amides is 2. The fraction of sp³-hybridized carbons (Fsp3) is 0.235. The molecule has 0 heterocycles. The third-order valence-electron chi connectivity index (χ3n) is 3.16. The highest BCUT2D eigenvalue weighted by Gasteiger charge is 2.18. The molecule has 9 heteroatoms. The molecule has 0 aliphatic rings. The van der Waals surface area contributed by atoms with Gasteiger partial charge in [0.1, 0.15) is 0 Å². The van der Waals surface area contributed by atoms with Crippen molar-refractivity contribution in [2.75, 3.05) is 18.5 Å². The molecule has 2 rings (SSSR count). The number of carbonyl (C=O) groups excluding carboxylic acids is 1. The molecule has 0 radical (unpaired) electrons. The van der Waals surface area contributed by atoms with E-state index in [-0.39, 0.29) is 4.90 Å². The number of hydrogen-bond acceptors (Lipinski definition) is 5. The highest BCUT2D eigenvalue weighted by atomic mass is 32.2. The molecule has 8 nitrogen and oxygen atoms in total. The average Bonchev–Trinajstić information content (AvgIpc) is 2.63. The van der Waals surface area contributed by atoms with Crippen LogP contribution in [0.1, 0.15) is 13.8 Å². The Hall–Kier alpha value is -2.78. The summed E-state index contributed by atoms with van der Waals surface area (Å²) in [4.78, 5) is 13.8. The number of hydrazine groups is 1. The van der Waals surface area contributed by atoms with Crippen LogP contribution in [0.5, 0.6) is 11.5 Å². The number of urea groups is 1. The fourth-order valence-electron chi connectivity index (χ4n) is 2.05. The highest BCUT2D eigenvalue weighted by molar-refractivity contribution is 7.89. The quantitative estimate of drug-likeness (QED) is 0.611. The number of rotatable bonds is 8. The van der Waals surface area contributed by atoms with Crippen molar-refractivity contribution in [2.45, 2.75) is 18.7 Å². The molecule has 0 spiro atoms. The van der Waals surface area contributed by atoms with E-state index >= 15 is 0 Å². The van der Waals surface area contributed by atoms with E-state index in [9.17, 15) is 13.2 Å². The van der Waals surface area contributed by atoms with Crippen molar-refractivity contribution in [1.29, 1.82) is 0 Å². The Bertz CT molecular complexity index is 841. The van der Waals surface area contributed by atoms with Crippen LogP contribution in [0, 0.1) is 0 Å². The second kappa shape index (κ2) is 9.07. The Morgan fingerprint density at radius 1 is 0.962 bits per heavy atom. The summed E-state index contributed by atoms with van der Waals surface area (Å²) in [6.45, 7) is 4.38. The smallest absolute Gasteiger partial charge is 0.334 e. The van der Waals surface area contributed by atoms with Crippen molar-refractivity contribution < 1.29 is 22.7 Å². The lowest BCUT2D eigenvalue weighted by atomic mass is 10.3. The zero-order valence-electron chi connectivity index (χ0n) is 14.5. The van der Waals surface area contributed by atoms with Crippen LogP contribution in [0.2, 0.25) is 0 Å². The van der Waals surface area contributed by atoms with Gasteiger partial charge in [0, 0.05) is 11.8 Å². The van der Waals surface area contributed by atoms with Gasteiger partial charge in [0.05, 0.1) is 18.1 Å². The van der Waals surface area contributed by atoms with Gasteiger partial charge in [0.2, 0.25) is 0 Å². The van der Waals surface area contributed by atoms with E-state index in [1.165, 1.54) is 18.2 Å². The predicted molar refractivity (Wildman–Crippen MR) is 97.7 cm³/mol. The van der Waals surface area contributed by atoms with Gasteiger partial charge in [-0.1, -0.05) is 18.2 Å². The molecule has 2 aromatic rings. The summed E-state index contributed by atoms with van der Waals surface area (Å²) >= 11 is 0. The van der Waals surface area contributed by atoms with Gasteiger partial charge in [-0.3, -0.25) is 5.43 Å². The molecule has 2 amide bonds. The van der Waals surface area contributed by atoms with E-state index in [2.05, 4.69) is 10.7 Å². The van der Waals surface area contributed by atoms with Gasteiger partial charge < -0.3 is 14.8 Å².